The maximum atomic E-state index is 12.7. The second-order valence-corrected chi connectivity index (χ2v) is 8.43. The molecule has 1 aliphatic carbocycles. The molecule has 0 radical (unpaired) electrons. The molecule has 0 spiro atoms. The highest BCUT2D eigenvalue weighted by Gasteiger charge is 2.29. The SMILES string of the molecule is CCc1nn(C)cc1CC(CCC(=O)O)NC(=O)OCC1c2ccccc2-c2ccccc21. The van der Waals surface area contributed by atoms with E-state index in [1.807, 2.05) is 44.4 Å². The molecule has 4 rings (SSSR count). The van der Waals surface area contributed by atoms with E-state index in [0.717, 1.165) is 28.8 Å². The Morgan fingerprint density at radius 1 is 1.12 bits per heavy atom. The molecule has 0 bridgehead atoms. The Hall–Kier alpha value is -3.61. The predicted molar refractivity (Wildman–Crippen MR) is 125 cm³/mol. The molecule has 1 aliphatic rings. The monoisotopic (exact) mass is 447 g/mol. The van der Waals surface area contributed by atoms with Gasteiger partial charge in [-0.15, -0.1) is 0 Å². The summed E-state index contributed by atoms with van der Waals surface area (Å²) in [6.45, 7) is 2.25. The number of aryl methyl sites for hydroxylation is 2. The molecule has 0 saturated heterocycles. The van der Waals surface area contributed by atoms with Gasteiger partial charge in [-0.25, -0.2) is 4.79 Å². The van der Waals surface area contributed by atoms with E-state index >= 15 is 0 Å². The summed E-state index contributed by atoms with van der Waals surface area (Å²) in [7, 11) is 1.86. The molecule has 3 aromatic rings. The standard InChI is InChI=1S/C26H29N3O4/c1-3-24-17(15-29(2)28-24)14-18(12-13-25(30)31)27-26(32)33-16-23-21-10-6-4-8-19(21)20-9-5-7-11-22(20)23/h4-11,15,18,23H,3,12-14,16H2,1-2H3,(H,27,32)(H,30,31). The summed E-state index contributed by atoms with van der Waals surface area (Å²) < 4.78 is 7.40. The fourth-order valence-corrected chi connectivity index (χ4v) is 4.65. The Labute approximate surface area is 193 Å². The number of aliphatic carboxylic acids is 1. The van der Waals surface area contributed by atoms with Crippen LogP contribution in [0.2, 0.25) is 0 Å². The van der Waals surface area contributed by atoms with Gasteiger partial charge >= 0.3 is 12.1 Å². The first-order valence-electron chi connectivity index (χ1n) is 11.3. The fourth-order valence-electron chi connectivity index (χ4n) is 4.65. The van der Waals surface area contributed by atoms with Crippen LogP contribution in [0.25, 0.3) is 11.1 Å². The third kappa shape index (κ3) is 5.08. The summed E-state index contributed by atoms with van der Waals surface area (Å²) in [6, 6.07) is 16.0. The number of aromatic nitrogens is 2. The molecular weight excluding hydrogens is 418 g/mol. The molecule has 1 unspecified atom stereocenters. The summed E-state index contributed by atoms with van der Waals surface area (Å²) in [4.78, 5) is 23.9. The zero-order valence-electron chi connectivity index (χ0n) is 19.0. The highest BCUT2D eigenvalue weighted by Crippen LogP contribution is 2.44. The second kappa shape index (κ2) is 9.90. The van der Waals surface area contributed by atoms with Crippen LogP contribution in [0.15, 0.2) is 54.7 Å². The molecular formula is C26H29N3O4. The van der Waals surface area contributed by atoms with Crippen molar-refractivity contribution in [1.82, 2.24) is 15.1 Å². The van der Waals surface area contributed by atoms with Crippen molar-refractivity contribution in [1.29, 1.82) is 0 Å². The van der Waals surface area contributed by atoms with Crippen LogP contribution in [0.4, 0.5) is 4.79 Å². The van der Waals surface area contributed by atoms with Gasteiger partial charge in [-0.2, -0.15) is 5.10 Å². The molecule has 1 aromatic heterocycles. The molecule has 1 atom stereocenters. The van der Waals surface area contributed by atoms with Crippen molar-refractivity contribution in [2.75, 3.05) is 6.61 Å². The van der Waals surface area contributed by atoms with Gasteiger partial charge in [0.15, 0.2) is 0 Å². The van der Waals surface area contributed by atoms with Gasteiger partial charge in [0.1, 0.15) is 6.61 Å². The average Bonchev–Trinajstić information content (AvgIpc) is 3.33. The Bertz CT molecular complexity index is 1110. The number of nitrogens with one attached hydrogen (secondary N) is 1. The first-order valence-corrected chi connectivity index (χ1v) is 11.3. The van der Waals surface area contributed by atoms with Crippen molar-refractivity contribution in [2.45, 2.75) is 44.6 Å². The van der Waals surface area contributed by atoms with Crippen LogP contribution >= 0.6 is 0 Å². The molecule has 1 amide bonds. The lowest BCUT2D eigenvalue weighted by atomic mass is 9.98. The van der Waals surface area contributed by atoms with E-state index in [0.29, 0.717) is 12.8 Å². The van der Waals surface area contributed by atoms with Gasteiger partial charge in [0.2, 0.25) is 0 Å². The minimum absolute atomic E-state index is 0.0226. The normalized spacial score (nSPS) is 13.3. The van der Waals surface area contributed by atoms with Crippen LogP contribution in [0, 0.1) is 0 Å². The molecule has 1 heterocycles. The summed E-state index contributed by atoms with van der Waals surface area (Å²) in [5.74, 6) is -0.915. The number of benzene rings is 2. The molecule has 7 nitrogen and oxygen atoms in total. The molecule has 0 saturated carbocycles. The number of carbonyl (C=O) groups is 2. The van der Waals surface area contributed by atoms with E-state index in [4.69, 9.17) is 9.84 Å². The van der Waals surface area contributed by atoms with Crippen molar-refractivity contribution in [3.63, 3.8) is 0 Å². The van der Waals surface area contributed by atoms with Gasteiger partial charge < -0.3 is 15.2 Å². The molecule has 172 valence electrons. The number of carboxylic acid groups (broad SMARTS) is 1. The predicted octanol–water partition coefficient (Wildman–Crippen LogP) is 4.30. The lowest BCUT2D eigenvalue weighted by Gasteiger charge is -2.19. The van der Waals surface area contributed by atoms with Gasteiger partial charge in [0.25, 0.3) is 0 Å². The highest BCUT2D eigenvalue weighted by atomic mass is 16.5. The van der Waals surface area contributed by atoms with Crippen molar-refractivity contribution in [3.05, 3.63) is 77.1 Å². The summed E-state index contributed by atoms with van der Waals surface area (Å²) >= 11 is 0. The number of carbonyl (C=O) groups excluding carboxylic acids is 1. The Kier molecular flexibility index (Phi) is 6.77. The quantitative estimate of drug-likeness (QED) is 0.510. The van der Waals surface area contributed by atoms with Gasteiger partial charge in [0.05, 0.1) is 5.69 Å². The van der Waals surface area contributed by atoms with Crippen molar-refractivity contribution < 1.29 is 19.4 Å². The summed E-state index contributed by atoms with van der Waals surface area (Å²) in [5, 5.41) is 16.5. The smallest absolute Gasteiger partial charge is 0.407 e. The summed E-state index contributed by atoms with van der Waals surface area (Å²) in [5.41, 5.74) is 6.60. The van der Waals surface area contributed by atoms with Crippen LogP contribution in [0.3, 0.4) is 0 Å². The van der Waals surface area contributed by atoms with Crippen molar-refractivity contribution >= 4 is 12.1 Å². The second-order valence-electron chi connectivity index (χ2n) is 8.43. The van der Waals surface area contributed by atoms with E-state index in [-0.39, 0.29) is 25.0 Å². The highest BCUT2D eigenvalue weighted by molar-refractivity contribution is 5.79. The van der Waals surface area contributed by atoms with Gasteiger partial charge in [-0.1, -0.05) is 55.5 Å². The van der Waals surface area contributed by atoms with E-state index in [1.54, 1.807) is 4.68 Å². The number of carboxylic acids is 1. The third-order valence-electron chi connectivity index (χ3n) is 6.17. The third-order valence-corrected chi connectivity index (χ3v) is 6.17. The number of fused-ring (bicyclic) bond motifs is 3. The number of rotatable bonds is 9. The lowest BCUT2D eigenvalue weighted by Crippen LogP contribution is -2.38. The van der Waals surface area contributed by atoms with E-state index in [2.05, 4.69) is 34.7 Å². The van der Waals surface area contributed by atoms with Crippen LogP contribution in [-0.2, 0) is 29.4 Å². The van der Waals surface area contributed by atoms with E-state index in [9.17, 15) is 9.59 Å². The Balaban J connectivity index is 1.44. The molecule has 7 heteroatoms. The molecule has 2 N–H and O–H groups in total. The number of hydrogen-bond donors (Lipinski definition) is 2. The molecule has 0 aliphatic heterocycles. The van der Waals surface area contributed by atoms with Gasteiger partial charge in [0, 0.05) is 31.6 Å². The minimum Gasteiger partial charge on any atom is -0.481 e. The first-order chi connectivity index (χ1) is 16.0. The minimum atomic E-state index is -0.892. The van der Waals surface area contributed by atoms with Gasteiger partial charge in [-0.05, 0) is 47.1 Å². The zero-order valence-corrected chi connectivity index (χ0v) is 19.0. The fraction of sp³-hybridized carbons (Fsp3) is 0.346. The first kappa shape index (κ1) is 22.6. The van der Waals surface area contributed by atoms with Crippen molar-refractivity contribution in [3.8, 4) is 11.1 Å². The summed E-state index contributed by atoms with van der Waals surface area (Å²) in [6.07, 6.45) is 2.95. The Morgan fingerprint density at radius 3 is 2.36 bits per heavy atom. The van der Waals surface area contributed by atoms with Crippen molar-refractivity contribution in [2.24, 2.45) is 7.05 Å². The topological polar surface area (TPSA) is 93.5 Å². The number of amides is 1. The molecule has 0 fully saturated rings. The van der Waals surface area contributed by atoms with Crippen LogP contribution in [0.1, 0.15) is 48.1 Å². The van der Waals surface area contributed by atoms with Gasteiger partial charge in [-0.3, -0.25) is 9.48 Å². The number of ether oxygens (including phenoxy) is 1. The average molecular weight is 448 g/mol. The van der Waals surface area contributed by atoms with Crippen LogP contribution < -0.4 is 5.32 Å². The number of hydrogen-bond acceptors (Lipinski definition) is 4. The van der Waals surface area contributed by atoms with E-state index in [1.165, 1.54) is 11.1 Å². The number of nitrogens with zero attached hydrogens (tertiary/aromatic N) is 2. The van der Waals surface area contributed by atoms with Crippen LogP contribution in [0.5, 0.6) is 0 Å². The maximum Gasteiger partial charge on any atom is 0.407 e. The zero-order chi connectivity index (χ0) is 23.4. The maximum absolute atomic E-state index is 12.7. The lowest BCUT2D eigenvalue weighted by molar-refractivity contribution is -0.137. The molecule has 33 heavy (non-hydrogen) atoms. The van der Waals surface area contributed by atoms with E-state index < -0.39 is 12.1 Å². The Morgan fingerprint density at radius 2 is 1.76 bits per heavy atom. The van der Waals surface area contributed by atoms with Crippen LogP contribution in [-0.4, -0.2) is 39.6 Å². The number of alkyl carbamates (subject to hydrolysis) is 1. The molecule has 2 aromatic carbocycles. The largest absolute Gasteiger partial charge is 0.481 e.